The summed E-state index contributed by atoms with van der Waals surface area (Å²) in [5.74, 6) is -0.373. The molecule has 0 aromatic carbocycles. The first-order chi connectivity index (χ1) is 12.4. The number of H-pyrrole nitrogens is 1. The summed E-state index contributed by atoms with van der Waals surface area (Å²) in [6.07, 6.45) is 1.83. The molecule has 4 N–H and O–H groups in total. The van der Waals surface area contributed by atoms with Crippen LogP contribution in [0, 0.1) is 5.92 Å². The van der Waals surface area contributed by atoms with Gasteiger partial charge in [0.2, 0.25) is 11.6 Å². The minimum atomic E-state index is -3.18. The molecule has 0 fully saturated rings. The molecule has 1 unspecified atom stereocenters. The fourth-order valence-corrected chi connectivity index (χ4v) is 4.12. The van der Waals surface area contributed by atoms with E-state index in [1.165, 1.54) is 11.1 Å². The number of aliphatic hydroxyl groups is 1. The van der Waals surface area contributed by atoms with Crippen LogP contribution in [0.2, 0.25) is 0 Å². The largest absolute Gasteiger partial charge is 0.410 e. The number of nitrogen functional groups attached to an aromatic ring is 1. The van der Waals surface area contributed by atoms with Gasteiger partial charge in [-0.15, -0.1) is 0 Å². The molecule has 2 aromatic rings. The van der Waals surface area contributed by atoms with Gasteiger partial charge in [0, 0.05) is 12.5 Å². The van der Waals surface area contributed by atoms with Gasteiger partial charge in [-0.3, -0.25) is 14.3 Å². The number of nitrogens with one attached hydrogen (secondary N) is 1. The molecule has 2 heterocycles. The van der Waals surface area contributed by atoms with E-state index in [0.717, 1.165) is 0 Å². The van der Waals surface area contributed by atoms with Crippen LogP contribution < -0.4 is 16.1 Å². The van der Waals surface area contributed by atoms with Crippen LogP contribution in [0.15, 0.2) is 11.1 Å². The van der Waals surface area contributed by atoms with Crippen molar-refractivity contribution >= 4 is 24.7 Å². The molecule has 0 amide bonds. The van der Waals surface area contributed by atoms with Crippen molar-refractivity contribution in [3.8, 4) is 0 Å². The molecule has 2 rings (SSSR count). The highest BCUT2D eigenvalue weighted by Gasteiger charge is 2.25. The molecule has 0 saturated heterocycles. The van der Waals surface area contributed by atoms with Crippen molar-refractivity contribution in [3.63, 3.8) is 0 Å². The summed E-state index contributed by atoms with van der Waals surface area (Å²) >= 11 is 0. The average molecular weight is 389 g/mol. The zero-order valence-corrected chi connectivity index (χ0v) is 15.6. The van der Waals surface area contributed by atoms with Crippen molar-refractivity contribution in [3.05, 3.63) is 16.7 Å². The Hall–Kier alpha value is -1.94. The van der Waals surface area contributed by atoms with E-state index in [2.05, 4.69) is 15.0 Å². The lowest BCUT2D eigenvalue weighted by atomic mass is 10.1. The number of hydrogen-bond donors (Lipinski definition) is 3. The average Bonchev–Trinajstić information content (AvgIpc) is 2.99. The maximum Gasteiger partial charge on any atom is 0.330 e. The molecule has 146 valence electrons. The van der Waals surface area contributed by atoms with Crippen molar-refractivity contribution in [1.29, 1.82) is 0 Å². The fourth-order valence-electron chi connectivity index (χ4n) is 2.31. The van der Waals surface area contributed by atoms with Crippen LogP contribution in [0.5, 0.6) is 0 Å². The van der Waals surface area contributed by atoms with Crippen LogP contribution in [0.1, 0.15) is 20.3 Å². The third-order valence-corrected chi connectivity index (χ3v) is 5.67. The molecule has 0 aliphatic carbocycles. The lowest BCUT2D eigenvalue weighted by molar-refractivity contribution is 0.0617. The number of anilines is 1. The minimum Gasteiger partial charge on any atom is -0.410 e. The minimum absolute atomic E-state index is 0.0547. The van der Waals surface area contributed by atoms with Crippen LogP contribution in [0.25, 0.3) is 11.2 Å². The van der Waals surface area contributed by atoms with E-state index < -0.39 is 13.2 Å². The fraction of sp³-hybridized carbons (Fsp3) is 0.643. The molecule has 0 radical (unpaired) electrons. The van der Waals surface area contributed by atoms with E-state index in [9.17, 15) is 14.5 Å². The van der Waals surface area contributed by atoms with E-state index in [4.69, 9.17) is 19.6 Å². The third kappa shape index (κ3) is 5.04. The van der Waals surface area contributed by atoms with Crippen LogP contribution in [0.4, 0.5) is 5.95 Å². The van der Waals surface area contributed by atoms with Crippen molar-refractivity contribution in [1.82, 2.24) is 19.7 Å². The van der Waals surface area contributed by atoms with E-state index in [-0.39, 0.29) is 55.6 Å². The standard InChI is InChI=1S/C14H24N5O6P/c1-3-24-26(22,25-4-2)6-5-10(7-20)8-23-19-9-16-11-12(19)17-14(15)18-13(11)21/h9-10,20H,3-8H2,1-2H3,(H3,15,17,18,21). The first-order valence-electron chi connectivity index (χ1n) is 8.27. The lowest BCUT2D eigenvalue weighted by Gasteiger charge is -2.20. The smallest absolute Gasteiger partial charge is 0.330 e. The molecule has 26 heavy (non-hydrogen) atoms. The molecule has 12 heteroatoms. The Labute approximate surface area is 150 Å². The second-order valence-electron chi connectivity index (χ2n) is 5.50. The van der Waals surface area contributed by atoms with E-state index in [1.807, 2.05) is 0 Å². The van der Waals surface area contributed by atoms with Gasteiger partial charge in [0.1, 0.15) is 12.9 Å². The molecule has 2 aromatic heterocycles. The monoisotopic (exact) mass is 389 g/mol. The van der Waals surface area contributed by atoms with Gasteiger partial charge in [0.25, 0.3) is 5.56 Å². The van der Waals surface area contributed by atoms with Gasteiger partial charge in [-0.25, -0.2) is 4.98 Å². The van der Waals surface area contributed by atoms with Crippen molar-refractivity contribution in [2.75, 3.05) is 38.3 Å². The zero-order chi connectivity index (χ0) is 19.2. The molecule has 0 bridgehead atoms. The Kier molecular flexibility index (Phi) is 7.15. The van der Waals surface area contributed by atoms with Gasteiger partial charge in [-0.2, -0.15) is 9.71 Å². The molecule has 0 saturated carbocycles. The number of aromatic amines is 1. The predicted octanol–water partition coefficient (Wildman–Crippen LogP) is 0.395. The Bertz CT molecular complexity index is 812. The summed E-state index contributed by atoms with van der Waals surface area (Å²) in [6.45, 7) is 3.95. The predicted molar refractivity (Wildman–Crippen MR) is 94.9 cm³/mol. The number of hydrogen-bond acceptors (Lipinski definition) is 9. The van der Waals surface area contributed by atoms with Crippen molar-refractivity contribution in [2.24, 2.45) is 5.92 Å². The number of aromatic nitrogens is 4. The second kappa shape index (κ2) is 9.13. The van der Waals surface area contributed by atoms with Crippen molar-refractivity contribution in [2.45, 2.75) is 20.3 Å². The van der Waals surface area contributed by atoms with Crippen LogP contribution in [0.3, 0.4) is 0 Å². The molecule has 1 atom stereocenters. The summed E-state index contributed by atoms with van der Waals surface area (Å²) in [4.78, 5) is 27.6. The van der Waals surface area contributed by atoms with Crippen molar-refractivity contribution < 1.29 is 23.6 Å². The summed E-state index contributed by atoms with van der Waals surface area (Å²) in [7, 11) is -3.18. The quantitative estimate of drug-likeness (QED) is 0.463. The highest BCUT2D eigenvalue weighted by molar-refractivity contribution is 7.53. The number of nitrogens with zero attached hydrogens (tertiary/aromatic N) is 3. The van der Waals surface area contributed by atoms with Gasteiger partial charge in [-0.05, 0) is 20.3 Å². The van der Waals surface area contributed by atoms with Gasteiger partial charge in [-0.1, -0.05) is 0 Å². The Morgan fingerprint density at radius 3 is 2.69 bits per heavy atom. The molecular formula is C14H24N5O6P. The highest BCUT2D eigenvalue weighted by atomic mass is 31.2. The van der Waals surface area contributed by atoms with Gasteiger partial charge in [0.05, 0.1) is 19.4 Å². The van der Waals surface area contributed by atoms with E-state index >= 15 is 0 Å². The third-order valence-electron chi connectivity index (χ3n) is 3.57. The Morgan fingerprint density at radius 2 is 2.08 bits per heavy atom. The molecule has 0 aliphatic heterocycles. The summed E-state index contributed by atoms with van der Waals surface area (Å²) < 4.78 is 24.2. The summed E-state index contributed by atoms with van der Waals surface area (Å²) in [5.41, 5.74) is 5.33. The van der Waals surface area contributed by atoms with Crippen LogP contribution in [-0.2, 0) is 13.6 Å². The topological polar surface area (TPSA) is 155 Å². The molecule has 0 aliphatic rings. The SMILES string of the molecule is CCOP(=O)(CCC(CO)COn1cnc2c(=O)[nH]c(N)nc21)OCC. The number of imidazole rings is 1. The zero-order valence-electron chi connectivity index (χ0n) is 14.8. The Morgan fingerprint density at radius 1 is 1.38 bits per heavy atom. The van der Waals surface area contributed by atoms with Crippen LogP contribution in [-0.4, -0.2) is 57.4 Å². The Balaban J connectivity index is 2.01. The lowest BCUT2D eigenvalue weighted by Crippen LogP contribution is -2.24. The maximum absolute atomic E-state index is 12.5. The first kappa shape index (κ1) is 20.4. The normalized spacial score (nSPS) is 13.2. The van der Waals surface area contributed by atoms with Gasteiger partial charge >= 0.3 is 7.60 Å². The van der Waals surface area contributed by atoms with Crippen LogP contribution >= 0.6 is 7.60 Å². The number of rotatable bonds is 11. The van der Waals surface area contributed by atoms with Gasteiger partial charge < -0.3 is 24.7 Å². The molecule has 11 nitrogen and oxygen atoms in total. The first-order valence-corrected chi connectivity index (χ1v) is 10.00. The number of aliphatic hydroxyl groups excluding tert-OH is 1. The molecule has 0 spiro atoms. The summed E-state index contributed by atoms with van der Waals surface area (Å²) in [6, 6.07) is 0. The number of fused-ring (bicyclic) bond motifs is 1. The van der Waals surface area contributed by atoms with E-state index in [1.54, 1.807) is 13.8 Å². The van der Waals surface area contributed by atoms with E-state index in [0.29, 0.717) is 6.42 Å². The molecular weight excluding hydrogens is 365 g/mol. The summed E-state index contributed by atoms with van der Waals surface area (Å²) in [5, 5.41) is 9.55. The highest BCUT2D eigenvalue weighted by Crippen LogP contribution is 2.49. The second-order valence-corrected chi connectivity index (χ2v) is 7.68. The maximum atomic E-state index is 12.5. The number of nitrogens with two attached hydrogens (primary N) is 1. The van der Waals surface area contributed by atoms with Gasteiger partial charge in [0.15, 0.2) is 5.52 Å².